The summed E-state index contributed by atoms with van der Waals surface area (Å²) in [6, 6.07) is 7.36. The first-order valence-electron chi connectivity index (χ1n) is 8.59. The number of anilines is 1. The molecule has 1 saturated heterocycles. The lowest BCUT2D eigenvalue weighted by molar-refractivity contribution is -0.126. The number of aromatic nitrogens is 3. The van der Waals surface area contributed by atoms with Crippen molar-refractivity contribution >= 4 is 17.5 Å². The second-order valence-corrected chi connectivity index (χ2v) is 6.05. The van der Waals surface area contributed by atoms with Crippen LogP contribution in [0, 0.1) is 5.92 Å². The second-order valence-electron chi connectivity index (χ2n) is 6.05. The predicted octanol–water partition coefficient (Wildman–Crippen LogP) is 0.567. The quantitative estimate of drug-likeness (QED) is 0.733. The number of nitrogens with zero attached hydrogens (tertiary/aromatic N) is 4. The molecule has 2 aromatic rings. The molecular formula is C18H21N5O5. The maximum absolute atomic E-state index is 12.5. The van der Waals surface area contributed by atoms with E-state index in [9.17, 15) is 9.59 Å². The molecule has 2 amide bonds. The Morgan fingerprint density at radius 2 is 1.86 bits per heavy atom. The molecule has 148 valence electrons. The summed E-state index contributed by atoms with van der Waals surface area (Å²) in [5.74, 6) is 0.111. The predicted molar refractivity (Wildman–Crippen MR) is 98.2 cm³/mol. The van der Waals surface area contributed by atoms with Crippen molar-refractivity contribution in [3.8, 4) is 17.8 Å². The largest absolute Gasteiger partial charge is 0.497 e. The molecule has 1 aromatic heterocycles. The Kier molecular flexibility index (Phi) is 5.87. The van der Waals surface area contributed by atoms with E-state index < -0.39 is 5.92 Å². The maximum Gasteiger partial charge on any atom is 0.322 e. The topological polar surface area (TPSA) is 116 Å². The van der Waals surface area contributed by atoms with Gasteiger partial charge in [-0.3, -0.25) is 9.59 Å². The van der Waals surface area contributed by atoms with Crippen LogP contribution in [0.1, 0.15) is 12.2 Å². The summed E-state index contributed by atoms with van der Waals surface area (Å²) in [6.45, 7) is 0.361. The molecule has 0 spiro atoms. The normalized spacial score (nSPS) is 16.0. The Morgan fingerprint density at radius 1 is 1.14 bits per heavy atom. The molecule has 2 heterocycles. The molecular weight excluding hydrogens is 366 g/mol. The third-order valence-corrected chi connectivity index (χ3v) is 4.29. The fourth-order valence-electron chi connectivity index (χ4n) is 2.86. The lowest BCUT2D eigenvalue weighted by atomic mass is 10.1. The van der Waals surface area contributed by atoms with E-state index in [0.29, 0.717) is 23.8 Å². The summed E-state index contributed by atoms with van der Waals surface area (Å²) in [6.07, 6.45) is 0.132. The van der Waals surface area contributed by atoms with Crippen molar-refractivity contribution < 1.29 is 23.8 Å². The number of carbonyl (C=O) groups excluding carboxylic acids is 2. The van der Waals surface area contributed by atoms with Crippen molar-refractivity contribution in [3.05, 3.63) is 30.1 Å². The van der Waals surface area contributed by atoms with E-state index in [4.69, 9.17) is 14.2 Å². The van der Waals surface area contributed by atoms with E-state index in [1.807, 2.05) is 6.07 Å². The minimum absolute atomic E-state index is 0.0674. The van der Waals surface area contributed by atoms with E-state index in [-0.39, 0.29) is 36.8 Å². The number of hydrogen-bond donors (Lipinski definition) is 1. The van der Waals surface area contributed by atoms with E-state index in [1.165, 1.54) is 14.2 Å². The molecule has 1 fully saturated rings. The second kappa shape index (κ2) is 8.51. The number of nitrogens with one attached hydrogen (secondary N) is 1. The highest BCUT2D eigenvalue weighted by Crippen LogP contribution is 2.28. The van der Waals surface area contributed by atoms with Crippen LogP contribution in [0.3, 0.4) is 0 Å². The molecule has 0 radical (unpaired) electrons. The van der Waals surface area contributed by atoms with Crippen molar-refractivity contribution in [2.24, 2.45) is 5.92 Å². The zero-order valence-corrected chi connectivity index (χ0v) is 15.8. The Morgan fingerprint density at radius 3 is 2.50 bits per heavy atom. The van der Waals surface area contributed by atoms with Crippen molar-refractivity contribution in [1.29, 1.82) is 0 Å². The van der Waals surface area contributed by atoms with Gasteiger partial charge in [0, 0.05) is 24.7 Å². The van der Waals surface area contributed by atoms with Crippen LogP contribution in [0.4, 0.5) is 5.69 Å². The fourth-order valence-corrected chi connectivity index (χ4v) is 2.86. The number of rotatable bonds is 7. The van der Waals surface area contributed by atoms with Crippen LogP contribution in [0.25, 0.3) is 0 Å². The van der Waals surface area contributed by atoms with Crippen LogP contribution in [0.2, 0.25) is 0 Å². The van der Waals surface area contributed by atoms with Crippen LogP contribution < -0.4 is 24.4 Å². The van der Waals surface area contributed by atoms with Crippen molar-refractivity contribution in [1.82, 2.24) is 20.3 Å². The van der Waals surface area contributed by atoms with Gasteiger partial charge in [0.25, 0.3) is 0 Å². The van der Waals surface area contributed by atoms with Crippen LogP contribution >= 0.6 is 0 Å². The average Bonchev–Trinajstić information content (AvgIpc) is 3.13. The SMILES string of the molecule is COc1cccc(N2C[C@@H](C(=O)NCc3nc(OC)nc(OC)n3)CC2=O)c1. The number of ether oxygens (including phenoxy) is 3. The minimum Gasteiger partial charge on any atom is -0.497 e. The van der Waals surface area contributed by atoms with Gasteiger partial charge in [0.05, 0.1) is 33.8 Å². The number of methoxy groups -OCH3 is 3. The van der Waals surface area contributed by atoms with Crippen LogP contribution in [0.5, 0.6) is 17.8 Å². The van der Waals surface area contributed by atoms with Crippen molar-refractivity contribution in [3.63, 3.8) is 0 Å². The molecule has 1 aliphatic heterocycles. The van der Waals surface area contributed by atoms with Gasteiger partial charge in [-0.15, -0.1) is 4.98 Å². The van der Waals surface area contributed by atoms with E-state index in [1.54, 1.807) is 30.2 Å². The molecule has 0 saturated carbocycles. The zero-order chi connectivity index (χ0) is 20.1. The highest BCUT2D eigenvalue weighted by molar-refractivity contribution is 6.00. The Bertz CT molecular complexity index is 853. The van der Waals surface area contributed by atoms with Gasteiger partial charge in [-0.25, -0.2) is 0 Å². The summed E-state index contributed by atoms with van der Waals surface area (Å²) in [5.41, 5.74) is 0.701. The number of benzene rings is 1. The molecule has 0 unspecified atom stereocenters. The fraction of sp³-hybridized carbons (Fsp3) is 0.389. The summed E-state index contributed by atoms with van der Waals surface area (Å²) >= 11 is 0. The van der Waals surface area contributed by atoms with Crippen LogP contribution in [-0.2, 0) is 16.1 Å². The van der Waals surface area contributed by atoms with Crippen molar-refractivity contribution in [2.45, 2.75) is 13.0 Å². The smallest absolute Gasteiger partial charge is 0.322 e. The summed E-state index contributed by atoms with van der Waals surface area (Å²) in [7, 11) is 4.41. The van der Waals surface area contributed by atoms with Gasteiger partial charge in [0.2, 0.25) is 11.8 Å². The third kappa shape index (κ3) is 4.27. The molecule has 0 bridgehead atoms. The molecule has 1 N–H and O–H groups in total. The molecule has 28 heavy (non-hydrogen) atoms. The van der Waals surface area contributed by atoms with Gasteiger partial charge in [0.15, 0.2) is 5.82 Å². The first-order valence-corrected chi connectivity index (χ1v) is 8.59. The van der Waals surface area contributed by atoms with Gasteiger partial charge < -0.3 is 24.4 Å². The molecule has 3 rings (SSSR count). The van der Waals surface area contributed by atoms with Crippen molar-refractivity contribution in [2.75, 3.05) is 32.8 Å². The molecule has 0 aliphatic carbocycles. The monoisotopic (exact) mass is 387 g/mol. The average molecular weight is 387 g/mol. The van der Waals surface area contributed by atoms with Gasteiger partial charge in [-0.1, -0.05) is 6.07 Å². The molecule has 10 heteroatoms. The van der Waals surface area contributed by atoms with Gasteiger partial charge in [-0.2, -0.15) is 9.97 Å². The highest BCUT2D eigenvalue weighted by atomic mass is 16.5. The molecule has 10 nitrogen and oxygen atoms in total. The van der Waals surface area contributed by atoms with Crippen LogP contribution in [0.15, 0.2) is 24.3 Å². The maximum atomic E-state index is 12.5. The summed E-state index contributed by atoms with van der Waals surface area (Å²) < 4.78 is 15.2. The first kappa shape index (κ1) is 19.3. The standard InChI is InChI=1S/C18H21N5O5/c1-26-13-6-4-5-12(8-13)23-10-11(7-15(23)24)16(25)19-9-14-20-17(27-2)22-18(21-14)28-3/h4-6,8,11H,7,9-10H2,1-3H3,(H,19,25)/t11-/m0/s1. The molecule has 1 atom stereocenters. The zero-order valence-electron chi connectivity index (χ0n) is 15.8. The number of carbonyl (C=O) groups is 2. The number of amides is 2. The third-order valence-electron chi connectivity index (χ3n) is 4.29. The van der Waals surface area contributed by atoms with E-state index in [2.05, 4.69) is 20.3 Å². The van der Waals surface area contributed by atoms with E-state index in [0.717, 1.165) is 0 Å². The Hall–Kier alpha value is -3.43. The van der Waals surface area contributed by atoms with E-state index >= 15 is 0 Å². The highest BCUT2D eigenvalue weighted by Gasteiger charge is 2.35. The lowest BCUT2D eigenvalue weighted by Gasteiger charge is -2.17. The Labute approximate surface area is 161 Å². The van der Waals surface area contributed by atoms with Crippen LogP contribution in [-0.4, -0.2) is 54.6 Å². The van der Waals surface area contributed by atoms with Gasteiger partial charge in [-0.05, 0) is 12.1 Å². The minimum atomic E-state index is -0.468. The number of hydrogen-bond acceptors (Lipinski definition) is 8. The summed E-state index contributed by atoms with van der Waals surface area (Å²) in [4.78, 5) is 38.5. The summed E-state index contributed by atoms with van der Waals surface area (Å²) in [5, 5.41) is 2.75. The molecule has 1 aliphatic rings. The lowest BCUT2D eigenvalue weighted by Crippen LogP contribution is -2.33. The van der Waals surface area contributed by atoms with Gasteiger partial charge >= 0.3 is 12.0 Å². The van der Waals surface area contributed by atoms with Gasteiger partial charge in [0.1, 0.15) is 5.75 Å². The molecule has 1 aromatic carbocycles. The Balaban J connectivity index is 1.63. The first-order chi connectivity index (χ1) is 13.5.